The van der Waals surface area contributed by atoms with Gasteiger partial charge in [0.25, 0.3) is 0 Å². The average Bonchev–Trinajstić information content (AvgIpc) is 2.32. The molecule has 1 atom stereocenters. The highest BCUT2D eigenvalue weighted by Gasteiger charge is 2.33. The van der Waals surface area contributed by atoms with Crippen LogP contribution in [0.5, 0.6) is 0 Å². The molecule has 2 rings (SSSR count). The first-order valence-electron chi connectivity index (χ1n) is 6.14. The van der Waals surface area contributed by atoms with Crippen molar-refractivity contribution in [1.29, 1.82) is 5.26 Å². The molecule has 0 aromatic heterocycles. The van der Waals surface area contributed by atoms with E-state index in [9.17, 15) is 0 Å². The van der Waals surface area contributed by atoms with E-state index >= 15 is 0 Å². The van der Waals surface area contributed by atoms with E-state index in [0.29, 0.717) is 10.6 Å². The summed E-state index contributed by atoms with van der Waals surface area (Å²) >= 11 is 6.25. The van der Waals surface area contributed by atoms with E-state index in [1.165, 1.54) is 0 Å². The number of halogens is 1. The number of benzene rings is 1. The van der Waals surface area contributed by atoms with Gasteiger partial charge in [-0.1, -0.05) is 25.4 Å². The molecule has 0 aliphatic carbocycles. The predicted octanol–water partition coefficient (Wildman–Crippen LogP) is 2.78. The third kappa shape index (κ3) is 2.45. The highest BCUT2D eigenvalue weighted by molar-refractivity contribution is 6.33. The zero-order valence-corrected chi connectivity index (χ0v) is 11.5. The Kier molecular flexibility index (Phi) is 3.52. The van der Waals surface area contributed by atoms with E-state index in [0.717, 1.165) is 25.2 Å². The molecule has 3 nitrogen and oxygen atoms in total. The van der Waals surface area contributed by atoms with Crippen molar-refractivity contribution in [3.63, 3.8) is 0 Å². The summed E-state index contributed by atoms with van der Waals surface area (Å²) in [5.74, 6) is 0. The molecule has 4 heteroatoms. The molecule has 18 heavy (non-hydrogen) atoms. The summed E-state index contributed by atoms with van der Waals surface area (Å²) in [6, 6.07) is 7.78. The second-order valence-corrected chi connectivity index (χ2v) is 5.99. The van der Waals surface area contributed by atoms with Gasteiger partial charge in [-0.2, -0.15) is 5.26 Å². The van der Waals surface area contributed by atoms with Crippen LogP contribution in [0.4, 0.5) is 5.69 Å². The number of hydrogen-bond donors (Lipinski definition) is 1. The fourth-order valence-electron chi connectivity index (χ4n) is 2.41. The van der Waals surface area contributed by atoms with Gasteiger partial charge in [-0.3, -0.25) is 0 Å². The summed E-state index contributed by atoms with van der Waals surface area (Å²) in [6.07, 6.45) is 0.962. The molecule has 0 saturated carbocycles. The highest BCUT2D eigenvalue weighted by atomic mass is 35.5. The molecule has 1 saturated heterocycles. The highest BCUT2D eigenvalue weighted by Crippen LogP contribution is 2.34. The molecule has 0 bridgehead atoms. The number of anilines is 1. The van der Waals surface area contributed by atoms with Crippen molar-refractivity contribution in [2.24, 2.45) is 11.1 Å². The lowest BCUT2D eigenvalue weighted by atomic mass is 9.79. The smallest absolute Gasteiger partial charge is 0.0992 e. The van der Waals surface area contributed by atoms with Crippen molar-refractivity contribution >= 4 is 17.3 Å². The molecule has 2 N–H and O–H groups in total. The molecular weight excluding hydrogens is 246 g/mol. The van der Waals surface area contributed by atoms with Gasteiger partial charge < -0.3 is 10.6 Å². The Morgan fingerprint density at radius 3 is 2.78 bits per heavy atom. The number of rotatable bonds is 1. The minimum absolute atomic E-state index is 0.0788. The summed E-state index contributed by atoms with van der Waals surface area (Å²) in [5, 5.41) is 9.48. The van der Waals surface area contributed by atoms with E-state index < -0.39 is 0 Å². The lowest BCUT2D eigenvalue weighted by Gasteiger charge is -2.44. The van der Waals surface area contributed by atoms with E-state index in [4.69, 9.17) is 22.6 Å². The molecule has 96 valence electrons. The second-order valence-electron chi connectivity index (χ2n) is 5.58. The van der Waals surface area contributed by atoms with Gasteiger partial charge in [0.05, 0.1) is 22.3 Å². The van der Waals surface area contributed by atoms with Crippen molar-refractivity contribution in [2.45, 2.75) is 26.3 Å². The molecular formula is C14H18ClN3. The quantitative estimate of drug-likeness (QED) is 0.848. The Morgan fingerprint density at radius 1 is 1.50 bits per heavy atom. The maximum Gasteiger partial charge on any atom is 0.0992 e. The van der Waals surface area contributed by atoms with Crippen molar-refractivity contribution in [3.8, 4) is 6.07 Å². The topological polar surface area (TPSA) is 53.0 Å². The molecule has 0 radical (unpaired) electrons. The zero-order chi connectivity index (χ0) is 13.3. The monoisotopic (exact) mass is 263 g/mol. The van der Waals surface area contributed by atoms with Crippen molar-refractivity contribution < 1.29 is 0 Å². The molecule has 1 unspecified atom stereocenters. The van der Waals surface area contributed by atoms with Crippen LogP contribution in [0.3, 0.4) is 0 Å². The first-order chi connectivity index (χ1) is 8.44. The molecule has 1 aliphatic rings. The Hall–Kier alpha value is -1.24. The van der Waals surface area contributed by atoms with Crippen LogP contribution in [0.2, 0.25) is 5.02 Å². The lowest BCUT2D eigenvalue weighted by Crippen LogP contribution is -2.52. The van der Waals surface area contributed by atoms with E-state index in [2.05, 4.69) is 24.8 Å². The predicted molar refractivity (Wildman–Crippen MR) is 74.8 cm³/mol. The standard InChI is InChI=1S/C14H18ClN3/c1-14(2)9-18(6-5-13(14)17)12-4-3-10(8-16)7-11(12)15/h3-4,7,13H,5-6,9,17H2,1-2H3. The molecule has 1 fully saturated rings. The van der Waals surface area contributed by atoms with Gasteiger partial charge in [0, 0.05) is 19.1 Å². The van der Waals surface area contributed by atoms with E-state index in [1.54, 1.807) is 6.07 Å². The number of piperidine rings is 1. The first-order valence-corrected chi connectivity index (χ1v) is 6.52. The zero-order valence-electron chi connectivity index (χ0n) is 10.8. The van der Waals surface area contributed by atoms with Crippen LogP contribution in [0.25, 0.3) is 0 Å². The average molecular weight is 264 g/mol. The van der Waals surface area contributed by atoms with E-state index in [1.807, 2.05) is 12.1 Å². The Bertz CT molecular complexity index is 490. The van der Waals surface area contributed by atoms with E-state index in [-0.39, 0.29) is 11.5 Å². The Morgan fingerprint density at radius 2 is 2.22 bits per heavy atom. The van der Waals surface area contributed by atoms with Crippen LogP contribution >= 0.6 is 11.6 Å². The summed E-state index contributed by atoms with van der Waals surface area (Å²) in [7, 11) is 0. The molecule has 1 aliphatic heterocycles. The van der Waals surface area contributed by atoms with Crippen LogP contribution in [-0.4, -0.2) is 19.1 Å². The summed E-state index contributed by atoms with van der Waals surface area (Å²) in [5.41, 5.74) is 7.80. The summed E-state index contributed by atoms with van der Waals surface area (Å²) in [6.45, 7) is 6.17. The van der Waals surface area contributed by atoms with Gasteiger partial charge >= 0.3 is 0 Å². The normalized spacial score (nSPS) is 22.6. The molecule has 1 aromatic carbocycles. The van der Waals surface area contributed by atoms with Crippen LogP contribution in [-0.2, 0) is 0 Å². The van der Waals surface area contributed by atoms with Gasteiger partial charge in [-0.05, 0) is 30.0 Å². The van der Waals surface area contributed by atoms with Crippen molar-refractivity contribution in [2.75, 3.05) is 18.0 Å². The van der Waals surface area contributed by atoms with Gasteiger partial charge in [0.15, 0.2) is 0 Å². The van der Waals surface area contributed by atoms with Gasteiger partial charge in [0.1, 0.15) is 0 Å². The third-order valence-corrected chi connectivity index (χ3v) is 4.03. The maximum atomic E-state index is 8.84. The second kappa shape index (κ2) is 4.79. The maximum absolute atomic E-state index is 8.84. The fourth-order valence-corrected chi connectivity index (χ4v) is 2.71. The van der Waals surface area contributed by atoms with Crippen molar-refractivity contribution in [1.82, 2.24) is 0 Å². The largest absolute Gasteiger partial charge is 0.370 e. The summed E-state index contributed by atoms with van der Waals surface area (Å²) in [4.78, 5) is 2.26. The third-order valence-electron chi connectivity index (χ3n) is 3.73. The minimum Gasteiger partial charge on any atom is -0.370 e. The molecule has 1 aromatic rings. The first kappa shape index (κ1) is 13.2. The van der Waals surface area contributed by atoms with Gasteiger partial charge in [-0.15, -0.1) is 0 Å². The SMILES string of the molecule is CC1(C)CN(c2ccc(C#N)cc2Cl)CCC1N. The summed E-state index contributed by atoms with van der Waals surface area (Å²) < 4.78 is 0. The number of nitrogens with two attached hydrogens (primary N) is 1. The van der Waals surface area contributed by atoms with Crippen molar-refractivity contribution in [3.05, 3.63) is 28.8 Å². The van der Waals surface area contributed by atoms with Crippen LogP contribution in [0.15, 0.2) is 18.2 Å². The van der Waals surface area contributed by atoms with Crippen LogP contribution in [0, 0.1) is 16.7 Å². The van der Waals surface area contributed by atoms with Crippen LogP contribution < -0.4 is 10.6 Å². The van der Waals surface area contributed by atoms with Gasteiger partial charge in [0.2, 0.25) is 0 Å². The Labute approximate surface area is 113 Å². The van der Waals surface area contributed by atoms with Crippen LogP contribution in [0.1, 0.15) is 25.8 Å². The lowest BCUT2D eigenvalue weighted by molar-refractivity contribution is 0.245. The number of nitrogens with zero attached hydrogens (tertiary/aromatic N) is 2. The van der Waals surface area contributed by atoms with Gasteiger partial charge in [-0.25, -0.2) is 0 Å². The number of hydrogen-bond acceptors (Lipinski definition) is 3. The molecule has 0 amide bonds. The fraction of sp³-hybridized carbons (Fsp3) is 0.500. The Balaban J connectivity index is 2.26. The minimum atomic E-state index is 0.0788. The molecule has 1 heterocycles. The molecule has 0 spiro atoms. The number of nitriles is 1.